The first kappa shape index (κ1) is 24.3. The molecule has 0 aromatic heterocycles. The molecule has 35 heavy (non-hydrogen) atoms. The Hall–Kier alpha value is -3.84. The lowest BCUT2D eigenvalue weighted by molar-refractivity contribution is -0.122. The van der Waals surface area contributed by atoms with Gasteiger partial charge in [0.15, 0.2) is 6.10 Å². The van der Waals surface area contributed by atoms with Crippen molar-refractivity contribution in [2.24, 2.45) is 0 Å². The van der Waals surface area contributed by atoms with E-state index in [2.05, 4.69) is 10.0 Å². The molecule has 0 unspecified atom stereocenters. The van der Waals surface area contributed by atoms with Crippen LogP contribution in [0.4, 0.5) is 11.4 Å². The van der Waals surface area contributed by atoms with Crippen LogP contribution in [0.25, 0.3) is 10.8 Å². The van der Waals surface area contributed by atoms with E-state index in [1.165, 1.54) is 12.1 Å². The average molecular weight is 489 g/mol. The van der Waals surface area contributed by atoms with Gasteiger partial charge >= 0.3 is 0 Å². The number of nitrogens with one attached hydrogen (secondary N) is 2. The molecule has 4 rings (SSSR count). The third-order valence-electron chi connectivity index (χ3n) is 5.75. The second kappa shape index (κ2) is 10.2. The normalized spacial score (nSPS) is 12.2. The third-order valence-corrected chi connectivity index (χ3v) is 7.13. The number of amides is 1. The summed E-state index contributed by atoms with van der Waals surface area (Å²) >= 11 is 0. The first-order chi connectivity index (χ1) is 16.8. The summed E-state index contributed by atoms with van der Waals surface area (Å²) < 4.78 is 34.4. The highest BCUT2D eigenvalue weighted by molar-refractivity contribution is 7.92. The smallest absolute Gasteiger partial charge is 0.265 e. The number of fused-ring (bicyclic) bond motifs is 1. The average Bonchev–Trinajstić information content (AvgIpc) is 2.85. The van der Waals surface area contributed by atoms with Crippen molar-refractivity contribution in [3.05, 3.63) is 96.1 Å². The summed E-state index contributed by atoms with van der Waals surface area (Å²) in [5, 5.41) is 4.80. The zero-order valence-corrected chi connectivity index (χ0v) is 20.7. The number of hydrogen-bond donors (Lipinski definition) is 2. The molecular weight excluding hydrogens is 460 g/mol. The summed E-state index contributed by atoms with van der Waals surface area (Å²) in [6.07, 6.45) is -0.225. The van der Waals surface area contributed by atoms with Crippen molar-refractivity contribution in [2.45, 2.75) is 38.2 Å². The van der Waals surface area contributed by atoms with Crippen LogP contribution in [0.3, 0.4) is 0 Å². The summed E-state index contributed by atoms with van der Waals surface area (Å²) in [4.78, 5) is 13.0. The first-order valence-corrected chi connectivity index (χ1v) is 12.9. The Labute approximate surface area is 206 Å². The van der Waals surface area contributed by atoms with E-state index in [9.17, 15) is 13.2 Å². The Balaban J connectivity index is 1.46. The largest absolute Gasteiger partial charge is 0.480 e. The number of carbonyl (C=O) groups is 1. The molecule has 0 aliphatic rings. The lowest BCUT2D eigenvalue weighted by atomic mass is 10.1. The highest BCUT2D eigenvalue weighted by atomic mass is 32.2. The van der Waals surface area contributed by atoms with E-state index in [-0.39, 0.29) is 10.8 Å². The molecule has 2 N–H and O–H groups in total. The SMILES string of the molecule is CC[C@@H](Oc1cccc2ccccc12)C(=O)Nc1ccc(S(=O)(=O)Nc2cc(C)ccc2C)cc1. The van der Waals surface area contributed by atoms with Crippen molar-refractivity contribution < 1.29 is 17.9 Å². The molecule has 0 saturated carbocycles. The zero-order chi connectivity index (χ0) is 25.0. The first-order valence-electron chi connectivity index (χ1n) is 11.4. The summed E-state index contributed by atoms with van der Waals surface area (Å²) in [6, 6.07) is 25.2. The van der Waals surface area contributed by atoms with Crippen LogP contribution in [-0.4, -0.2) is 20.4 Å². The van der Waals surface area contributed by atoms with E-state index in [0.717, 1.165) is 21.9 Å². The number of ether oxygens (including phenoxy) is 1. The summed E-state index contributed by atoms with van der Waals surface area (Å²) in [5.74, 6) is 0.341. The van der Waals surface area contributed by atoms with Crippen molar-refractivity contribution in [1.29, 1.82) is 0 Å². The van der Waals surface area contributed by atoms with Gasteiger partial charge in [-0.1, -0.05) is 55.5 Å². The van der Waals surface area contributed by atoms with Gasteiger partial charge in [-0.25, -0.2) is 8.42 Å². The van der Waals surface area contributed by atoms with Gasteiger partial charge < -0.3 is 10.1 Å². The molecule has 0 radical (unpaired) electrons. The van der Waals surface area contributed by atoms with E-state index >= 15 is 0 Å². The number of hydrogen-bond acceptors (Lipinski definition) is 4. The molecule has 6 nitrogen and oxygen atoms in total. The number of sulfonamides is 1. The van der Waals surface area contributed by atoms with Crippen LogP contribution in [0.2, 0.25) is 0 Å². The second-order valence-electron chi connectivity index (χ2n) is 8.43. The molecule has 4 aromatic carbocycles. The Kier molecular flexibility index (Phi) is 7.07. The van der Waals surface area contributed by atoms with E-state index < -0.39 is 16.1 Å². The summed E-state index contributed by atoms with van der Waals surface area (Å²) in [6.45, 7) is 5.63. The molecule has 0 spiro atoms. The van der Waals surface area contributed by atoms with Gasteiger partial charge in [-0.3, -0.25) is 9.52 Å². The van der Waals surface area contributed by atoms with Crippen molar-refractivity contribution in [2.75, 3.05) is 10.0 Å². The molecule has 4 aromatic rings. The number of benzene rings is 4. The number of aryl methyl sites for hydroxylation is 2. The van der Waals surface area contributed by atoms with E-state index in [1.807, 2.05) is 75.4 Å². The number of anilines is 2. The maximum Gasteiger partial charge on any atom is 0.265 e. The maximum absolute atomic E-state index is 12.9. The van der Waals surface area contributed by atoms with Crippen molar-refractivity contribution in [3.8, 4) is 5.75 Å². The number of rotatable bonds is 8. The predicted molar refractivity (Wildman–Crippen MR) is 140 cm³/mol. The van der Waals surface area contributed by atoms with Crippen LogP contribution in [0.1, 0.15) is 24.5 Å². The van der Waals surface area contributed by atoms with Crippen LogP contribution in [0.5, 0.6) is 5.75 Å². The van der Waals surface area contributed by atoms with Crippen LogP contribution in [0, 0.1) is 13.8 Å². The van der Waals surface area contributed by atoms with Gasteiger partial charge in [0.05, 0.1) is 10.6 Å². The molecule has 180 valence electrons. The molecule has 1 amide bonds. The van der Waals surface area contributed by atoms with Gasteiger partial charge in [0.1, 0.15) is 5.75 Å². The summed E-state index contributed by atoms with van der Waals surface area (Å²) in [5.41, 5.74) is 2.82. The van der Waals surface area contributed by atoms with Gasteiger partial charge in [0, 0.05) is 11.1 Å². The van der Waals surface area contributed by atoms with Crippen LogP contribution < -0.4 is 14.8 Å². The zero-order valence-electron chi connectivity index (χ0n) is 19.9. The monoisotopic (exact) mass is 488 g/mol. The standard InChI is InChI=1S/C28H28N2O4S/c1-4-26(34-27-11-7-9-21-8-5-6-10-24(21)27)28(31)29-22-14-16-23(17-15-22)35(32,33)30-25-18-19(2)12-13-20(25)3/h5-18,26,30H,4H2,1-3H3,(H,29,31)/t26-/m1/s1. The van der Waals surface area contributed by atoms with E-state index in [1.54, 1.807) is 18.2 Å². The fourth-order valence-corrected chi connectivity index (χ4v) is 4.89. The minimum absolute atomic E-state index is 0.107. The van der Waals surface area contributed by atoms with Crippen molar-refractivity contribution in [3.63, 3.8) is 0 Å². The quantitative estimate of drug-likeness (QED) is 0.316. The molecule has 0 fully saturated rings. The fourth-order valence-electron chi connectivity index (χ4n) is 3.76. The molecule has 7 heteroatoms. The lowest BCUT2D eigenvalue weighted by Gasteiger charge is -2.19. The minimum Gasteiger partial charge on any atom is -0.480 e. The van der Waals surface area contributed by atoms with E-state index in [0.29, 0.717) is 23.5 Å². The molecule has 0 bridgehead atoms. The topological polar surface area (TPSA) is 84.5 Å². The van der Waals surface area contributed by atoms with Gasteiger partial charge in [-0.2, -0.15) is 0 Å². The van der Waals surface area contributed by atoms with Crippen LogP contribution in [0.15, 0.2) is 89.8 Å². The molecular formula is C28H28N2O4S. The second-order valence-corrected chi connectivity index (χ2v) is 10.1. The Morgan fingerprint density at radius 1 is 0.914 bits per heavy atom. The lowest BCUT2D eigenvalue weighted by Crippen LogP contribution is -2.32. The van der Waals surface area contributed by atoms with Gasteiger partial charge in [0.2, 0.25) is 0 Å². The van der Waals surface area contributed by atoms with Crippen LogP contribution in [-0.2, 0) is 14.8 Å². The Bertz CT molecular complexity index is 1460. The summed E-state index contributed by atoms with van der Waals surface area (Å²) in [7, 11) is -3.77. The third kappa shape index (κ3) is 5.63. The molecule has 0 saturated heterocycles. The predicted octanol–water partition coefficient (Wildman–Crippen LogP) is 6.05. The Morgan fingerprint density at radius 2 is 1.63 bits per heavy atom. The van der Waals surface area contributed by atoms with Gasteiger partial charge in [-0.05, 0) is 73.2 Å². The molecule has 0 heterocycles. The Morgan fingerprint density at radius 3 is 2.37 bits per heavy atom. The van der Waals surface area contributed by atoms with Gasteiger partial charge in [0.25, 0.3) is 15.9 Å². The molecule has 0 aliphatic carbocycles. The molecule has 1 atom stereocenters. The van der Waals surface area contributed by atoms with Crippen LogP contribution >= 0.6 is 0 Å². The van der Waals surface area contributed by atoms with Crippen molar-refractivity contribution in [1.82, 2.24) is 0 Å². The van der Waals surface area contributed by atoms with Gasteiger partial charge in [-0.15, -0.1) is 0 Å². The van der Waals surface area contributed by atoms with Crippen molar-refractivity contribution >= 4 is 38.1 Å². The minimum atomic E-state index is -3.77. The number of carbonyl (C=O) groups excluding carboxylic acids is 1. The highest BCUT2D eigenvalue weighted by Gasteiger charge is 2.20. The maximum atomic E-state index is 12.9. The molecule has 0 aliphatic heterocycles. The van der Waals surface area contributed by atoms with E-state index in [4.69, 9.17) is 4.74 Å². The highest BCUT2D eigenvalue weighted by Crippen LogP contribution is 2.27. The fraction of sp³-hybridized carbons (Fsp3) is 0.179.